The summed E-state index contributed by atoms with van der Waals surface area (Å²) in [5.41, 5.74) is 1.79. The van der Waals surface area contributed by atoms with E-state index in [0.717, 1.165) is 30.0 Å². The van der Waals surface area contributed by atoms with E-state index in [1.54, 1.807) is 24.9 Å². The molecule has 0 saturated carbocycles. The smallest absolute Gasteiger partial charge is 0.223 e. The van der Waals surface area contributed by atoms with Crippen molar-refractivity contribution in [1.82, 2.24) is 29.7 Å². The van der Waals surface area contributed by atoms with E-state index in [4.69, 9.17) is 0 Å². The van der Waals surface area contributed by atoms with Crippen LogP contribution in [0.2, 0.25) is 0 Å². The van der Waals surface area contributed by atoms with Crippen LogP contribution < -0.4 is 5.32 Å². The zero-order valence-electron chi connectivity index (χ0n) is 13.2. The highest BCUT2D eigenvalue weighted by Crippen LogP contribution is 2.19. The SMILES string of the molecule is CCCn1ncnc1[C@@H](C)Nc1nccc(-c2cccnc2)n1. The fraction of sp³-hybridized carbons (Fsp3) is 0.312. The number of aryl methyl sites for hydroxylation is 1. The minimum Gasteiger partial charge on any atom is -0.344 e. The summed E-state index contributed by atoms with van der Waals surface area (Å²) in [6.45, 7) is 4.98. The second-order valence-corrected chi connectivity index (χ2v) is 5.21. The Hall–Kier alpha value is -2.83. The Balaban J connectivity index is 1.79. The minimum absolute atomic E-state index is 0.0341. The zero-order chi connectivity index (χ0) is 16.1. The van der Waals surface area contributed by atoms with Crippen LogP contribution in [0.1, 0.15) is 32.1 Å². The predicted octanol–water partition coefficient (Wildman–Crippen LogP) is 2.71. The van der Waals surface area contributed by atoms with Gasteiger partial charge in [0.05, 0.1) is 11.7 Å². The lowest BCUT2D eigenvalue weighted by molar-refractivity contribution is 0.553. The number of hydrogen-bond donors (Lipinski definition) is 1. The number of nitrogens with zero attached hydrogens (tertiary/aromatic N) is 6. The molecular formula is C16H19N7. The molecule has 3 aromatic heterocycles. The summed E-state index contributed by atoms with van der Waals surface area (Å²) in [5, 5.41) is 7.54. The van der Waals surface area contributed by atoms with Gasteiger partial charge in [-0.15, -0.1) is 0 Å². The second-order valence-electron chi connectivity index (χ2n) is 5.21. The molecule has 0 aliphatic heterocycles. The van der Waals surface area contributed by atoms with Crippen molar-refractivity contribution in [1.29, 1.82) is 0 Å². The van der Waals surface area contributed by atoms with E-state index in [1.807, 2.05) is 29.8 Å². The Morgan fingerprint density at radius 1 is 1.22 bits per heavy atom. The van der Waals surface area contributed by atoms with Gasteiger partial charge in [0.1, 0.15) is 12.2 Å². The van der Waals surface area contributed by atoms with E-state index < -0.39 is 0 Å². The summed E-state index contributed by atoms with van der Waals surface area (Å²) >= 11 is 0. The first-order valence-electron chi connectivity index (χ1n) is 7.65. The number of aromatic nitrogens is 6. The first kappa shape index (κ1) is 15.1. The van der Waals surface area contributed by atoms with E-state index >= 15 is 0 Å². The maximum atomic E-state index is 4.55. The van der Waals surface area contributed by atoms with Gasteiger partial charge >= 0.3 is 0 Å². The minimum atomic E-state index is -0.0341. The molecule has 7 nitrogen and oxygen atoms in total. The van der Waals surface area contributed by atoms with Gasteiger partial charge in [0, 0.05) is 30.7 Å². The third-order valence-electron chi connectivity index (χ3n) is 3.43. The third kappa shape index (κ3) is 3.50. The summed E-state index contributed by atoms with van der Waals surface area (Å²) in [6, 6.07) is 5.70. The first-order valence-corrected chi connectivity index (χ1v) is 7.65. The molecule has 0 amide bonds. The van der Waals surface area contributed by atoms with E-state index in [2.05, 4.69) is 37.3 Å². The Morgan fingerprint density at radius 3 is 2.91 bits per heavy atom. The molecule has 3 rings (SSSR count). The predicted molar refractivity (Wildman–Crippen MR) is 87.6 cm³/mol. The monoisotopic (exact) mass is 309 g/mol. The third-order valence-corrected chi connectivity index (χ3v) is 3.43. The van der Waals surface area contributed by atoms with E-state index in [-0.39, 0.29) is 6.04 Å². The van der Waals surface area contributed by atoms with Crippen LogP contribution in [0.5, 0.6) is 0 Å². The maximum Gasteiger partial charge on any atom is 0.223 e. The Labute approximate surface area is 134 Å². The molecule has 7 heteroatoms. The van der Waals surface area contributed by atoms with Crippen LogP contribution in [0.15, 0.2) is 43.1 Å². The number of anilines is 1. The van der Waals surface area contributed by atoms with Crippen LogP contribution in [0, 0.1) is 0 Å². The molecule has 0 fully saturated rings. The number of rotatable bonds is 6. The summed E-state index contributed by atoms with van der Waals surface area (Å²) in [7, 11) is 0. The maximum absolute atomic E-state index is 4.55. The summed E-state index contributed by atoms with van der Waals surface area (Å²) in [4.78, 5) is 17.3. The molecule has 3 aromatic rings. The van der Waals surface area contributed by atoms with E-state index in [1.165, 1.54) is 0 Å². The molecule has 0 saturated heterocycles. The zero-order valence-corrected chi connectivity index (χ0v) is 13.2. The molecule has 0 unspecified atom stereocenters. The van der Waals surface area contributed by atoms with Crippen molar-refractivity contribution in [3.63, 3.8) is 0 Å². The van der Waals surface area contributed by atoms with E-state index in [9.17, 15) is 0 Å². The van der Waals surface area contributed by atoms with Crippen LogP contribution in [-0.4, -0.2) is 29.7 Å². The lowest BCUT2D eigenvalue weighted by Gasteiger charge is -2.14. The molecule has 0 spiro atoms. The molecule has 23 heavy (non-hydrogen) atoms. The average Bonchev–Trinajstić information content (AvgIpc) is 3.05. The quantitative estimate of drug-likeness (QED) is 0.754. The van der Waals surface area contributed by atoms with Gasteiger partial charge in [-0.3, -0.25) is 4.98 Å². The summed E-state index contributed by atoms with van der Waals surface area (Å²) in [5.74, 6) is 1.44. The van der Waals surface area contributed by atoms with E-state index in [0.29, 0.717) is 5.95 Å². The fourth-order valence-corrected chi connectivity index (χ4v) is 2.35. The highest BCUT2D eigenvalue weighted by atomic mass is 15.3. The Morgan fingerprint density at radius 2 is 2.13 bits per heavy atom. The van der Waals surface area contributed by atoms with Crippen molar-refractivity contribution in [2.75, 3.05) is 5.32 Å². The van der Waals surface area contributed by atoms with Crippen LogP contribution in [0.4, 0.5) is 5.95 Å². The molecular weight excluding hydrogens is 290 g/mol. The Kier molecular flexibility index (Phi) is 4.56. The van der Waals surface area contributed by atoms with Crippen molar-refractivity contribution in [2.45, 2.75) is 32.9 Å². The molecule has 0 bridgehead atoms. The van der Waals surface area contributed by atoms with Crippen molar-refractivity contribution in [3.8, 4) is 11.3 Å². The highest BCUT2D eigenvalue weighted by Gasteiger charge is 2.14. The molecule has 118 valence electrons. The van der Waals surface area contributed by atoms with Crippen molar-refractivity contribution < 1.29 is 0 Å². The molecule has 1 atom stereocenters. The highest BCUT2D eigenvalue weighted by molar-refractivity contribution is 5.58. The van der Waals surface area contributed by atoms with Crippen LogP contribution in [-0.2, 0) is 6.54 Å². The lowest BCUT2D eigenvalue weighted by atomic mass is 10.2. The molecule has 0 aliphatic rings. The second kappa shape index (κ2) is 6.95. The number of hydrogen-bond acceptors (Lipinski definition) is 6. The van der Waals surface area contributed by atoms with Gasteiger partial charge in [-0.2, -0.15) is 5.10 Å². The standard InChI is InChI=1S/C16H19N7/c1-3-9-23-15(19-11-20-23)12(2)21-16-18-8-6-14(22-16)13-5-4-7-17-10-13/h4-8,10-12H,3,9H2,1-2H3,(H,18,21,22)/t12-/m1/s1. The molecule has 0 aromatic carbocycles. The Bertz CT molecular complexity index is 754. The normalized spacial score (nSPS) is 12.1. The largest absolute Gasteiger partial charge is 0.344 e. The van der Waals surface area contributed by atoms with Gasteiger partial charge in [-0.1, -0.05) is 6.92 Å². The van der Waals surface area contributed by atoms with Gasteiger partial charge in [-0.25, -0.2) is 19.6 Å². The summed E-state index contributed by atoms with van der Waals surface area (Å²) in [6.07, 6.45) is 7.85. The first-order chi connectivity index (χ1) is 11.3. The van der Waals surface area contributed by atoms with Crippen LogP contribution in [0.25, 0.3) is 11.3 Å². The number of pyridine rings is 1. The van der Waals surface area contributed by atoms with Gasteiger partial charge in [0.15, 0.2) is 0 Å². The summed E-state index contributed by atoms with van der Waals surface area (Å²) < 4.78 is 1.91. The lowest BCUT2D eigenvalue weighted by Crippen LogP contribution is -2.16. The van der Waals surface area contributed by atoms with Gasteiger partial charge < -0.3 is 5.32 Å². The number of nitrogens with one attached hydrogen (secondary N) is 1. The van der Waals surface area contributed by atoms with Crippen molar-refractivity contribution in [3.05, 3.63) is 48.9 Å². The van der Waals surface area contributed by atoms with Crippen LogP contribution >= 0.6 is 0 Å². The van der Waals surface area contributed by atoms with Crippen molar-refractivity contribution in [2.24, 2.45) is 0 Å². The average molecular weight is 309 g/mol. The fourth-order valence-electron chi connectivity index (χ4n) is 2.35. The van der Waals surface area contributed by atoms with Crippen molar-refractivity contribution >= 4 is 5.95 Å². The molecule has 3 heterocycles. The molecule has 1 N–H and O–H groups in total. The topological polar surface area (TPSA) is 81.4 Å². The van der Waals surface area contributed by atoms with Gasteiger partial charge in [0.25, 0.3) is 0 Å². The van der Waals surface area contributed by atoms with Gasteiger partial charge in [0.2, 0.25) is 5.95 Å². The van der Waals surface area contributed by atoms with Crippen LogP contribution in [0.3, 0.4) is 0 Å². The molecule has 0 aliphatic carbocycles. The van der Waals surface area contributed by atoms with Gasteiger partial charge in [-0.05, 0) is 31.5 Å². The molecule has 0 radical (unpaired) electrons.